The van der Waals surface area contributed by atoms with Gasteiger partial charge in [-0.15, -0.1) is 0 Å². The standard InChI is InChI=1S/C12H11BrClN3O/c1-15-11-10(13)12(17-7-16-11)18-6-8-4-2-3-5-9(8)14/h2-5,7H,6H2,1H3,(H,15,16,17). The Bertz CT molecular complexity index is 551. The molecule has 0 spiro atoms. The average Bonchev–Trinajstić information content (AvgIpc) is 2.39. The topological polar surface area (TPSA) is 47.0 Å². The molecule has 2 aromatic rings. The number of benzene rings is 1. The maximum absolute atomic E-state index is 6.05. The summed E-state index contributed by atoms with van der Waals surface area (Å²) in [5, 5.41) is 3.62. The highest BCUT2D eigenvalue weighted by Crippen LogP contribution is 2.29. The van der Waals surface area contributed by atoms with E-state index in [1.165, 1.54) is 6.33 Å². The molecule has 1 aromatic carbocycles. The second-order valence-electron chi connectivity index (χ2n) is 3.47. The molecule has 0 fully saturated rings. The molecule has 94 valence electrons. The van der Waals surface area contributed by atoms with Crippen LogP contribution in [0.25, 0.3) is 0 Å². The van der Waals surface area contributed by atoms with Crippen LogP contribution in [0.3, 0.4) is 0 Å². The fourth-order valence-corrected chi connectivity index (χ4v) is 2.10. The van der Waals surface area contributed by atoms with Gasteiger partial charge < -0.3 is 10.1 Å². The molecule has 1 N–H and O–H groups in total. The summed E-state index contributed by atoms with van der Waals surface area (Å²) in [6.45, 7) is 0.360. The van der Waals surface area contributed by atoms with Gasteiger partial charge in [0.15, 0.2) is 0 Å². The molecule has 0 aliphatic rings. The van der Waals surface area contributed by atoms with E-state index in [1.54, 1.807) is 7.05 Å². The monoisotopic (exact) mass is 327 g/mol. The molecule has 0 aliphatic heterocycles. The van der Waals surface area contributed by atoms with E-state index in [9.17, 15) is 0 Å². The van der Waals surface area contributed by atoms with Gasteiger partial charge in [-0.3, -0.25) is 0 Å². The molecule has 6 heteroatoms. The summed E-state index contributed by atoms with van der Waals surface area (Å²) >= 11 is 9.44. The van der Waals surface area contributed by atoms with Crippen LogP contribution < -0.4 is 10.1 Å². The SMILES string of the molecule is CNc1ncnc(OCc2ccccc2Cl)c1Br. The molecule has 18 heavy (non-hydrogen) atoms. The summed E-state index contributed by atoms with van der Waals surface area (Å²) in [4.78, 5) is 8.12. The van der Waals surface area contributed by atoms with E-state index in [-0.39, 0.29) is 0 Å². The lowest BCUT2D eigenvalue weighted by Gasteiger charge is -2.10. The number of nitrogens with one attached hydrogen (secondary N) is 1. The van der Waals surface area contributed by atoms with Crippen molar-refractivity contribution in [3.63, 3.8) is 0 Å². The van der Waals surface area contributed by atoms with Crippen LogP contribution in [0.5, 0.6) is 5.88 Å². The predicted octanol–water partition coefficient (Wildman–Crippen LogP) is 3.51. The Balaban J connectivity index is 2.14. The Hall–Kier alpha value is -1.33. The largest absolute Gasteiger partial charge is 0.472 e. The van der Waals surface area contributed by atoms with Gasteiger partial charge in [-0.2, -0.15) is 0 Å². The van der Waals surface area contributed by atoms with Gasteiger partial charge in [0.2, 0.25) is 5.88 Å². The van der Waals surface area contributed by atoms with Crippen molar-refractivity contribution in [1.82, 2.24) is 9.97 Å². The molecule has 1 aromatic heterocycles. The Labute approximate surface area is 118 Å². The Morgan fingerprint density at radius 1 is 1.33 bits per heavy atom. The van der Waals surface area contributed by atoms with Crippen LogP contribution in [-0.4, -0.2) is 17.0 Å². The smallest absolute Gasteiger partial charge is 0.233 e. The molecular formula is C12H11BrClN3O. The van der Waals surface area contributed by atoms with Crippen molar-refractivity contribution in [2.45, 2.75) is 6.61 Å². The van der Waals surface area contributed by atoms with Crippen LogP contribution in [0.1, 0.15) is 5.56 Å². The summed E-state index contributed by atoms with van der Waals surface area (Å²) in [5.41, 5.74) is 0.913. The van der Waals surface area contributed by atoms with Gasteiger partial charge in [0.25, 0.3) is 0 Å². The van der Waals surface area contributed by atoms with E-state index in [4.69, 9.17) is 16.3 Å². The Kier molecular flexibility index (Phi) is 4.38. The number of hydrogen-bond acceptors (Lipinski definition) is 4. The van der Waals surface area contributed by atoms with Gasteiger partial charge >= 0.3 is 0 Å². The Morgan fingerprint density at radius 3 is 2.83 bits per heavy atom. The molecule has 0 saturated heterocycles. The molecule has 0 saturated carbocycles. The lowest BCUT2D eigenvalue weighted by atomic mass is 10.2. The molecular weight excluding hydrogens is 318 g/mol. The number of aromatic nitrogens is 2. The average molecular weight is 329 g/mol. The minimum Gasteiger partial charge on any atom is -0.472 e. The first kappa shape index (κ1) is 13.1. The van der Waals surface area contributed by atoms with Crippen molar-refractivity contribution < 1.29 is 4.74 Å². The van der Waals surface area contributed by atoms with Crippen LogP contribution in [0.2, 0.25) is 5.02 Å². The van der Waals surface area contributed by atoms with Crippen LogP contribution >= 0.6 is 27.5 Å². The minimum absolute atomic E-state index is 0.360. The van der Waals surface area contributed by atoms with Crippen LogP contribution in [-0.2, 0) is 6.61 Å². The first-order valence-corrected chi connectivity index (χ1v) is 6.44. The normalized spacial score (nSPS) is 10.2. The first-order valence-electron chi connectivity index (χ1n) is 5.27. The van der Waals surface area contributed by atoms with Crippen LogP contribution in [0.4, 0.5) is 5.82 Å². The fraction of sp³-hybridized carbons (Fsp3) is 0.167. The van der Waals surface area contributed by atoms with Gasteiger partial charge in [0, 0.05) is 17.6 Å². The predicted molar refractivity (Wildman–Crippen MR) is 75.1 cm³/mol. The zero-order chi connectivity index (χ0) is 13.0. The summed E-state index contributed by atoms with van der Waals surface area (Å²) in [6, 6.07) is 7.54. The van der Waals surface area contributed by atoms with E-state index in [0.717, 1.165) is 5.56 Å². The zero-order valence-electron chi connectivity index (χ0n) is 9.65. The van der Waals surface area contributed by atoms with Crippen LogP contribution in [0, 0.1) is 0 Å². The maximum atomic E-state index is 6.05. The maximum Gasteiger partial charge on any atom is 0.233 e. The molecule has 0 bridgehead atoms. The van der Waals surface area contributed by atoms with Crippen molar-refractivity contribution >= 4 is 33.3 Å². The third-order valence-electron chi connectivity index (χ3n) is 2.32. The molecule has 4 nitrogen and oxygen atoms in total. The molecule has 0 aliphatic carbocycles. The summed E-state index contributed by atoms with van der Waals surface area (Å²) in [6.07, 6.45) is 1.44. The highest BCUT2D eigenvalue weighted by molar-refractivity contribution is 9.10. The summed E-state index contributed by atoms with van der Waals surface area (Å²) < 4.78 is 6.32. The van der Waals surface area contributed by atoms with E-state index in [2.05, 4.69) is 31.2 Å². The molecule has 2 rings (SSSR count). The Morgan fingerprint density at radius 2 is 2.11 bits per heavy atom. The minimum atomic E-state index is 0.360. The van der Waals surface area contributed by atoms with Gasteiger partial charge in [-0.1, -0.05) is 29.8 Å². The highest BCUT2D eigenvalue weighted by atomic mass is 79.9. The summed E-state index contributed by atoms with van der Waals surface area (Å²) in [7, 11) is 1.78. The lowest BCUT2D eigenvalue weighted by molar-refractivity contribution is 0.291. The third kappa shape index (κ3) is 2.91. The molecule has 0 atom stereocenters. The third-order valence-corrected chi connectivity index (χ3v) is 3.40. The van der Waals surface area contributed by atoms with Crippen molar-refractivity contribution in [3.8, 4) is 5.88 Å². The van der Waals surface area contributed by atoms with E-state index < -0.39 is 0 Å². The number of anilines is 1. The number of rotatable bonds is 4. The van der Waals surface area contributed by atoms with E-state index >= 15 is 0 Å². The molecule has 0 amide bonds. The number of ether oxygens (including phenoxy) is 1. The second-order valence-corrected chi connectivity index (χ2v) is 4.67. The van der Waals surface area contributed by atoms with Gasteiger partial charge in [0.05, 0.1) is 0 Å². The molecule has 0 unspecified atom stereocenters. The summed E-state index contributed by atoms with van der Waals surface area (Å²) in [5.74, 6) is 1.16. The number of halogens is 2. The highest BCUT2D eigenvalue weighted by Gasteiger charge is 2.09. The van der Waals surface area contributed by atoms with Crippen LogP contribution in [0.15, 0.2) is 35.1 Å². The quantitative estimate of drug-likeness (QED) is 0.933. The second kappa shape index (κ2) is 6.02. The number of nitrogens with zero attached hydrogens (tertiary/aromatic N) is 2. The van der Waals surface area contributed by atoms with E-state index in [0.29, 0.717) is 27.8 Å². The number of hydrogen-bond donors (Lipinski definition) is 1. The van der Waals surface area contributed by atoms with Crippen molar-refractivity contribution in [2.75, 3.05) is 12.4 Å². The van der Waals surface area contributed by atoms with E-state index in [1.807, 2.05) is 24.3 Å². The zero-order valence-corrected chi connectivity index (χ0v) is 12.0. The van der Waals surface area contributed by atoms with Crippen molar-refractivity contribution in [3.05, 3.63) is 45.7 Å². The van der Waals surface area contributed by atoms with Gasteiger partial charge in [-0.05, 0) is 22.0 Å². The van der Waals surface area contributed by atoms with Crippen molar-refractivity contribution in [2.24, 2.45) is 0 Å². The molecule has 0 radical (unpaired) electrons. The first-order chi connectivity index (χ1) is 8.72. The van der Waals surface area contributed by atoms with Gasteiger partial charge in [0.1, 0.15) is 23.2 Å². The van der Waals surface area contributed by atoms with Gasteiger partial charge in [-0.25, -0.2) is 9.97 Å². The molecule has 1 heterocycles. The van der Waals surface area contributed by atoms with Crippen molar-refractivity contribution in [1.29, 1.82) is 0 Å². The fourth-order valence-electron chi connectivity index (χ4n) is 1.39. The lowest BCUT2D eigenvalue weighted by Crippen LogP contribution is -2.02.